The number of amides is 1. The summed E-state index contributed by atoms with van der Waals surface area (Å²) in [5, 5.41) is 4.02. The van der Waals surface area contributed by atoms with Gasteiger partial charge in [-0.05, 0) is 12.1 Å². The highest BCUT2D eigenvalue weighted by Crippen LogP contribution is 2.37. The molecule has 23 heavy (non-hydrogen) atoms. The molecule has 0 N–H and O–H groups in total. The van der Waals surface area contributed by atoms with Crippen molar-refractivity contribution in [1.82, 2.24) is 4.90 Å². The fourth-order valence-corrected chi connectivity index (χ4v) is 3.05. The molecule has 2 aliphatic rings. The van der Waals surface area contributed by atoms with E-state index >= 15 is 0 Å². The zero-order valence-electron chi connectivity index (χ0n) is 12.7. The third kappa shape index (κ3) is 3.18. The first-order chi connectivity index (χ1) is 10.8. The van der Waals surface area contributed by atoms with Crippen molar-refractivity contribution in [2.24, 2.45) is 5.16 Å². The molecule has 1 saturated heterocycles. The average Bonchev–Trinajstić information content (AvgIpc) is 2.91. The first-order valence-corrected chi connectivity index (χ1v) is 7.47. The Morgan fingerprint density at radius 1 is 1.30 bits per heavy atom. The number of alkyl halides is 3. The molecule has 1 fully saturated rings. The molecule has 0 unspecified atom stereocenters. The summed E-state index contributed by atoms with van der Waals surface area (Å²) in [7, 11) is 0. The van der Waals surface area contributed by atoms with Gasteiger partial charge in [0.2, 0.25) is 5.91 Å². The number of rotatable bonds is 1. The van der Waals surface area contributed by atoms with Gasteiger partial charge in [-0.1, -0.05) is 17.3 Å². The predicted molar refractivity (Wildman–Crippen MR) is 77.9 cm³/mol. The van der Waals surface area contributed by atoms with Crippen LogP contribution in [0.5, 0.6) is 0 Å². The number of likely N-dealkylation sites (tertiary alicyclic amines) is 1. The number of oxime groups is 1. The van der Waals surface area contributed by atoms with Gasteiger partial charge >= 0.3 is 6.18 Å². The molecule has 0 saturated carbocycles. The number of hydrogen-bond donors (Lipinski definition) is 0. The predicted octanol–water partition coefficient (Wildman–Crippen LogP) is 3.21. The van der Waals surface area contributed by atoms with Crippen LogP contribution in [0.3, 0.4) is 0 Å². The van der Waals surface area contributed by atoms with E-state index in [0.717, 1.165) is 12.1 Å². The highest BCUT2D eigenvalue weighted by atomic mass is 19.4. The Morgan fingerprint density at radius 2 is 2.00 bits per heavy atom. The number of carbonyl (C=O) groups excluding carboxylic acids is 1. The smallest absolute Gasteiger partial charge is 0.388 e. The summed E-state index contributed by atoms with van der Waals surface area (Å²) in [6.45, 7) is 2.69. The number of piperidine rings is 1. The van der Waals surface area contributed by atoms with Crippen molar-refractivity contribution in [3.8, 4) is 0 Å². The van der Waals surface area contributed by atoms with Crippen LogP contribution < -0.4 is 0 Å². The maximum Gasteiger partial charge on any atom is 0.416 e. The number of halogens is 3. The van der Waals surface area contributed by atoms with Crippen LogP contribution in [-0.2, 0) is 15.8 Å². The number of hydrogen-bond acceptors (Lipinski definition) is 3. The minimum atomic E-state index is -4.37. The van der Waals surface area contributed by atoms with E-state index in [9.17, 15) is 18.0 Å². The van der Waals surface area contributed by atoms with E-state index in [1.165, 1.54) is 13.0 Å². The third-order valence-corrected chi connectivity index (χ3v) is 4.48. The lowest BCUT2D eigenvalue weighted by molar-refractivity contribution is -0.137. The summed E-state index contributed by atoms with van der Waals surface area (Å²) in [5.41, 5.74) is -0.210. The standard InChI is InChI=1S/C16H17F3N2O2/c1-11(22)21-7-5-15(6-8-21)10-14(20-23-15)12-3-2-4-13(9-12)16(17,18)19/h2-4,9H,5-8,10H2,1H3. The zero-order chi connectivity index (χ0) is 16.7. The maximum absolute atomic E-state index is 12.8. The Bertz CT molecular complexity index is 647. The Balaban J connectivity index is 1.72. The van der Waals surface area contributed by atoms with Gasteiger partial charge in [0, 0.05) is 44.8 Å². The van der Waals surface area contributed by atoms with Crippen LogP contribution in [-0.4, -0.2) is 35.2 Å². The molecule has 1 spiro atoms. The molecule has 4 nitrogen and oxygen atoms in total. The van der Waals surface area contributed by atoms with Crippen molar-refractivity contribution < 1.29 is 22.8 Å². The van der Waals surface area contributed by atoms with Crippen molar-refractivity contribution in [2.45, 2.75) is 38.0 Å². The van der Waals surface area contributed by atoms with Gasteiger partial charge < -0.3 is 9.74 Å². The molecule has 1 aromatic carbocycles. The molecule has 0 aliphatic carbocycles. The Labute approximate surface area is 131 Å². The van der Waals surface area contributed by atoms with Crippen LogP contribution in [0.1, 0.15) is 37.3 Å². The summed E-state index contributed by atoms with van der Waals surface area (Å²) in [6, 6.07) is 5.14. The Kier molecular flexibility index (Phi) is 3.82. The molecule has 124 valence electrons. The quantitative estimate of drug-likeness (QED) is 0.795. The molecule has 3 rings (SSSR count). The number of carbonyl (C=O) groups is 1. The van der Waals surface area contributed by atoms with Crippen LogP contribution in [0.15, 0.2) is 29.4 Å². The molecule has 0 aromatic heterocycles. The average molecular weight is 326 g/mol. The summed E-state index contributed by atoms with van der Waals surface area (Å²) in [5.74, 6) is 0.0249. The van der Waals surface area contributed by atoms with E-state index in [4.69, 9.17) is 4.84 Å². The third-order valence-electron chi connectivity index (χ3n) is 4.48. The molecule has 2 aliphatic heterocycles. The number of benzene rings is 1. The van der Waals surface area contributed by atoms with E-state index in [1.807, 2.05) is 0 Å². The SMILES string of the molecule is CC(=O)N1CCC2(CC1)CC(c1cccc(C(F)(F)F)c1)=NO2. The van der Waals surface area contributed by atoms with Crippen LogP contribution >= 0.6 is 0 Å². The topological polar surface area (TPSA) is 41.9 Å². The van der Waals surface area contributed by atoms with Gasteiger partial charge in [0.25, 0.3) is 0 Å². The van der Waals surface area contributed by atoms with Gasteiger partial charge in [0.1, 0.15) is 5.60 Å². The second-order valence-electron chi connectivity index (χ2n) is 6.07. The first-order valence-electron chi connectivity index (χ1n) is 7.47. The van der Waals surface area contributed by atoms with Gasteiger partial charge in [-0.15, -0.1) is 0 Å². The van der Waals surface area contributed by atoms with E-state index in [0.29, 0.717) is 43.6 Å². The summed E-state index contributed by atoms with van der Waals surface area (Å²) < 4.78 is 38.4. The van der Waals surface area contributed by atoms with Crippen molar-refractivity contribution in [3.63, 3.8) is 0 Å². The minimum absolute atomic E-state index is 0.0249. The second-order valence-corrected chi connectivity index (χ2v) is 6.07. The summed E-state index contributed by atoms with van der Waals surface area (Å²) >= 11 is 0. The van der Waals surface area contributed by atoms with Crippen LogP contribution in [0.2, 0.25) is 0 Å². The molecule has 0 bridgehead atoms. The van der Waals surface area contributed by atoms with Gasteiger partial charge in [-0.3, -0.25) is 4.79 Å². The molecule has 1 amide bonds. The first kappa shape index (κ1) is 15.8. The molecule has 2 heterocycles. The lowest BCUT2D eigenvalue weighted by Gasteiger charge is -2.36. The highest BCUT2D eigenvalue weighted by molar-refractivity contribution is 6.01. The largest absolute Gasteiger partial charge is 0.416 e. The Morgan fingerprint density at radius 3 is 2.61 bits per heavy atom. The van der Waals surface area contributed by atoms with Crippen LogP contribution in [0, 0.1) is 0 Å². The maximum atomic E-state index is 12.8. The van der Waals surface area contributed by atoms with Gasteiger partial charge in [0.15, 0.2) is 0 Å². The van der Waals surface area contributed by atoms with Gasteiger partial charge in [-0.2, -0.15) is 13.2 Å². The number of nitrogens with zero attached hydrogens (tertiary/aromatic N) is 2. The van der Waals surface area contributed by atoms with Gasteiger partial charge in [0.05, 0.1) is 11.3 Å². The summed E-state index contributed by atoms with van der Waals surface area (Å²) in [4.78, 5) is 18.7. The fourth-order valence-electron chi connectivity index (χ4n) is 3.05. The zero-order valence-corrected chi connectivity index (χ0v) is 12.7. The van der Waals surface area contributed by atoms with Gasteiger partial charge in [-0.25, -0.2) is 0 Å². The molecule has 0 atom stereocenters. The second kappa shape index (κ2) is 5.54. The monoisotopic (exact) mass is 326 g/mol. The van der Waals surface area contributed by atoms with Crippen molar-refractivity contribution in [3.05, 3.63) is 35.4 Å². The van der Waals surface area contributed by atoms with E-state index < -0.39 is 17.3 Å². The molecular weight excluding hydrogens is 309 g/mol. The van der Waals surface area contributed by atoms with Crippen LogP contribution in [0.25, 0.3) is 0 Å². The highest BCUT2D eigenvalue weighted by Gasteiger charge is 2.43. The lowest BCUT2D eigenvalue weighted by Crippen LogP contribution is -2.46. The van der Waals surface area contributed by atoms with Crippen LogP contribution in [0.4, 0.5) is 13.2 Å². The van der Waals surface area contributed by atoms with E-state index in [2.05, 4.69) is 5.16 Å². The molecule has 7 heteroatoms. The lowest BCUT2D eigenvalue weighted by atomic mass is 9.85. The van der Waals surface area contributed by atoms with E-state index in [-0.39, 0.29) is 5.91 Å². The fraction of sp³-hybridized carbons (Fsp3) is 0.500. The summed E-state index contributed by atoms with van der Waals surface area (Å²) in [6.07, 6.45) is -2.63. The van der Waals surface area contributed by atoms with Crippen molar-refractivity contribution in [2.75, 3.05) is 13.1 Å². The van der Waals surface area contributed by atoms with Crippen molar-refractivity contribution in [1.29, 1.82) is 0 Å². The minimum Gasteiger partial charge on any atom is -0.388 e. The van der Waals surface area contributed by atoms with E-state index in [1.54, 1.807) is 11.0 Å². The molecular formula is C16H17F3N2O2. The Hall–Kier alpha value is -2.05. The molecule has 1 aromatic rings. The van der Waals surface area contributed by atoms with Crippen molar-refractivity contribution >= 4 is 11.6 Å². The normalized spacial score (nSPS) is 20.3. The molecule has 0 radical (unpaired) electrons.